The Labute approximate surface area is 187 Å². The van der Waals surface area contributed by atoms with E-state index in [1.165, 1.54) is 5.56 Å². The highest BCUT2D eigenvalue weighted by atomic mass is 16.1. The molecule has 0 spiro atoms. The van der Waals surface area contributed by atoms with Gasteiger partial charge in [0.1, 0.15) is 5.82 Å². The first-order valence-electron chi connectivity index (χ1n) is 11.2. The zero-order valence-electron chi connectivity index (χ0n) is 18.2. The molecule has 8 nitrogen and oxygen atoms in total. The van der Waals surface area contributed by atoms with Crippen LogP contribution in [0.2, 0.25) is 0 Å². The van der Waals surface area contributed by atoms with Crippen molar-refractivity contribution in [3.05, 3.63) is 65.6 Å². The number of aromatic nitrogens is 4. The lowest BCUT2D eigenvalue weighted by atomic mass is 9.82. The summed E-state index contributed by atoms with van der Waals surface area (Å²) in [6.07, 6.45) is 4.78. The molecule has 8 heteroatoms. The third kappa shape index (κ3) is 4.00. The van der Waals surface area contributed by atoms with Gasteiger partial charge in [-0.25, -0.2) is 15.0 Å². The van der Waals surface area contributed by atoms with Gasteiger partial charge in [0.15, 0.2) is 5.78 Å². The number of carbonyl (C=O) groups excluding carboxylic acids is 1. The molecule has 0 amide bonds. The van der Waals surface area contributed by atoms with E-state index >= 15 is 0 Å². The molecule has 0 bridgehead atoms. The number of nitrogens with one attached hydrogen (secondary N) is 1. The predicted molar refractivity (Wildman–Crippen MR) is 124 cm³/mol. The van der Waals surface area contributed by atoms with E-state index in [2.05, 4.69) is 37.2 Å². The number of ketones is 1. The van der Waals surface area contributed by atoms with Gasteiger partial charge in [-0.15, -0.1) is 0 Å². The molecule has 3 aromatic rings. The topological polar surface area (TPSA) is 87.1 Å². The molecule has 2 aliphatic rings. The predicted octanol–water partition coefficient (Wildman–Crippen LogP) is 2.94. The molecule has 0 saturated carbocycles. The van der Waals surface area contributed by atoms with Crippen molar-refractivity contribution in [1.82, 2.24) is 19.9 Å². The van der Waals surface area contributed by atoms with Crippen molar-refractivity contribution >= 4 is 23.5 Å². The molecule has 1 aromatic carbocycles. The molecule has 1 unspecified atom stereocenters. The molecule has 1 saturated heterocycles. The summed E-state index contributed by atoms with van der Waals surface area (Å²) >= 11 is 0. The summed E-state index contributed by atoms with van der Waals surface area (Å²) in [5.74, 6) is 2.38. The van der Waals surface area contributed by atoms with Gasteiger partial charge in [-0.2, -0.15) is 4.98 Å². The van der Waals surface area contributed by atoms with Crippen LogP contribution in [0.1, 0.15) is 40.9 Å². The van der Waals surface area contributed by atoms with Crippen molar-refractivity contribution in [3.8, 4) is 0 Å². The summed E-state index contributed by atoms with van der Waals surface area (Å²) in [4.78, 5) is 35.9. The second-order valence-corrected chi connectivity index (χ2v) is 8.19. The van der Waals surface area contributed by atoms with E-state index in [1.807, 2.05) is 31.2 Å². The van der Waals surface area contributed by atoms with Crippen LogP contribution in [-0.4, -0.2) is 58.4 Å². The second-order valence-electron chi connectivity index (χ2n) is 8.19. The van der Waals surface area contributed by atoms with Crippen molar-refractivity contribution in [2.24, 2.45) is 0 Å². The maximum absolute atomic E-state index is 13.1. The van der Waals surface area contributed by atoms with E-state index < -0.39 is 0 Å². The second kappa shape index (κ2) is 8.90. The fourth-order valence-electron chi connectivity index (χ4n) is 4.52. The number of piperazine rings is 1. The number of rotatable bonds is 5. The van der Waals surface area contributed by atoms with Gasteiger partial charge in [-0.1, -0.05) is 30.3 Å². The van der Waals surface area contributed by atoms with Gasteiger partial charge in [0, 0.05) is 51.5 Å². The van der Waals surface area contributed by atoms with Crippen LogP contribution in [-0.2, 0) is 6.42 Å². The minimum Gasteiger partial charge on any atom is -0.370 e. The van der Waals surface area contributed by atoms with E-state index in [-0.39, 0.29) is 11.7 Å². The quantitative estimate of drug-likeness (QED) is 0.662. The Bertz CT molecular complexity index is 1080. The van der Waals surface area contributed by atoms with Gasteiger partial charge in [0.25, 0.3) is 0 Å². The lowest BCUT2D eigenvalue weighted by molar-refractivity contribution is 0.0963. The van der Waals surface area contributed by atoms with Gasteiger partial charge < -0.3 is 15.1 Å². The van der Waals surface area contributed by atoms with Gasteiger partial charge in [0.05, 0.1) is 11.3 Å². The zero-order valence-corrected chi connectivity index (χ0v) is 18.2. The Morgan fingerprint density at radius 3 is 2.28 bits per heavy atom. The van der Waals surface area contributed by atoms with Gasteiger partial charge >= 0.3 is 0 Å². The van der Waals surface area contributed by atoms with E-state index in [4.69, 9.17) is 9.97 Å². The largest absolute Gasteiger partial charge is 0.370 e. The zero-order chi connectivity index (χ0) is 21.9. The number of carbonyl (C=O) groups is 1. The highest BCUT2D eigenvalue weighted by Crippen LogP contribution is 2.35. The van der Waals surface area contributed by atoms with Crippen molar-refractivity contribution in [1.29, 1.82) is 0 Å². The van der Waals surface area contributed by atoms with Crippen LogP contribution in [0.25, 0.3) is 0 Å². The smallest absolute Gasteiger partial charge is 0.227 e. The monoisotopic (exact) mass is 429 g/mol. The fraction of sp³-hybridized carbons (Fsp3) is 0.375. The van der Waals surface area contributed by atoms with Crippen molar-refractivity contribution in [2.75, 3.05) is 47.8 Å². The molecule has 0 radical (unpaired) electrons. The van der Waals surface area contributed by atoms with Crippen LogP contribution in [0.15, 0.2) is 48.8 Å². The summed E-state index contributed by atoms with van der Waals surface area (Å²) in [5, 5.41) is 3.31. The Morgan fingerprint density at radius 2 is 1.59 bits per heavy atom. The first kappa shape index (κ1) is 20.4. The lowest BCUT2D eigenvalue weighted by Gasteiger charge is -2.35. The van der Waals surface area contributed by atoms with Gasteiger partial charge in [-0.3, -0.25) is 4.79 Å². The number of fused-ring (bicyclic) bond motifs is 1. The van der Waals surface area contributed by atoms with E-state index in [1.54, 1.807) is 12.4 Å². The number of hydrogen-bond donors (Lipinski definition) is 1. The van der Waals surface area contributed by atoms with Gasteiger partial charge in [-0.05, 0) is 30.9 Å². The van der Waals surface area contributed by atoms with E-state index in [0.717, 1.165) is 44.2 Å². The fourth-order valence-corrected chi connectivity index (χ4v) is 4.52. The molecule has 1 atom stereocenters. The first-order valence-corrected chi connectivity index (χ1v) is 11.2. The highest BCUT2D eigenvalue weighted by molar-refractivity contribution is 6.03. The molecule has 164 valence electrons. The molecule has 32 heavy (non-hydrogen) atoms. The summed E-state index contributed by atoms with van der Waals surface area (Å²) in [7, 11) is 0. The summed E-state index contributed by atoms with van der Waals surface area (Å²) in [6, 6.07) is 12.1. The Kier molecular flexibility index (Phi) is 5.66. The number of Topliss-reactive ketones (excluding diaryl/α,β-unsaturated/α-hetero) is 1. The van der Waals surface area contributed by atoms with Gasteiger partial charge in [0.2, 0.25) is 11.9 Å². The number of anilines is 3. The Morgan fingerprint density at radius 1 is 0.906 bits per heavy atom. The maximum atomic E-state index is 13.1. The normalized spacial score (nSPS) is 18.4. The lowest BCUT2D eigenvalue weighted by Crippen LogP contribution is -2.48. The Hall–Kier alpha value is -3.55. The SMILES string of the molecule is CCNc1nc(N2CCN(c3ncccn3)CC2)nc2c1C(=O)CC(c1ccccc1)C2. The molecule has 1 aliphatic heterocycles. The average molecular weight is 430 g/mol. The molecule has 2 aromatic heterocycles. The summed E-state index contributed by atoms with van der Waals surface area (Å²) in [6.45, 7) is 5.88. The standard InChI is InChI=1S/C24H27N7O/c1-2-25-22-21-19(15-18(16-20(21)32)17-7-4-3-5-8-17)28-24(29-22)31-13-11-30(12-14-31)23-26-9-6-10-27-23/h3-10,18H,2,11-16H2,1H3,(H,25,28,29). The van der Waals surface area contributed by atoms with Crippen molar-refractivity contribution in [3.63, 3.8) is 0 Å². The number of hydrogen-bond acceptors (Lipinski definition) is 8. The van der Waals surface area contributed by atoms with Crippen LogP contribution in [0.5, 0.6) is 0 Å². The number of nitrogens with zero attached hydrogens (tertiary/aromatic N) is 6. The molecule has 1 fully saturated rings. The van der Waals surface area contributed by atoms with Crippen LogP contribution in [0.4, 0.5) is 17.7 Å². The molecule has 5 rings (SSSR count). The van der Waals surface area contributed by atoms with Crippen molar-refractivity contribution < 1.29 is 4.79 Å². The summed E-state index contributed by atoms with van der Waals surface area (Å²) in [5.41, 5.74) is 2.71. The van der Waals surface area contributed by atoms with E-state index in [0.29, 0.717) is 30.3 Å². The first-order chi connectivity index (χ1) is 15.7. The minimum absolute atomic E-state index is 0.119. The maximum Gasteiger partial charge on any atom is 0.227 e. The van der Waals surface area contributed by atoms with Crippen LogP contribution in [0.3, 0.4) is 0 Å². The summed E-state index contributed by atoms with van der Waals surface area (Å²) < 4.78 is 0. The van der Waals surface area contributed by atoms with Crippen LogP contribution >= 0.6 is 0 Å². The molecular formula is C24H27N7O. The highest BCUT2D eigenvalue weighted by Gasteiger charge is 2.32. The third-order valence-electron chi connectivity index (χ3n) is 6.14. The number of benzene rings is 1. The van der Waals surface area contributed by atoms with Crippen molar-refractivity contribution in [2.45, 2.75) is 25.7 Å². The van der Waals surface area contributed by atoms with Crippen LogP contribution < -0.4 is 15.1 Å². The minimum atomic E-state index is 0.119. The average Bonchev–Trinajstić information content (AvgIpc) is 2.85. The molecule has 3 heterocycles. The Balaban J connectivity index is 1.41. The molecular weight excluding hydrogens is 402 g/mol. The molecule has 1 N–H and O–H groups in total. The molecule has 1 aliphatic carbocycles. The van der Waals surface area contributed by atoms with Crippen LogP contribution in [0, 0.1) is 0 Å². The van der Waals surface area contributed by atoms with E-state index in [9.17, 15) is 4.79 Å². The third-order valence-corrected chi connectivity index (χ3v) is 6.14.